The van der Waals surface area contributed by atoms with Crippen LogP contribution in [0.15, 0.2) is 24.3 Å². The molecule has 0 unspecified atom stereocenters. The van der Waals surface area contributed by atoms with Gasteiger partial charge in [-0.1, -0.05) is 109 Å². The summed E-state index contributed by atoms with van der Waals surface area (Å²) in [4.78, 5) is 18.3. The fourth-order valence-corrected chi connectivity index (χ4v) is 5.62. The van der Waals surface area contributed by atoms with Gasteiger partial charge >= 0.3 is 7.60 Å². The van der Waals surface area contributed by atoms with Gasteiger partial charge < -0.3 is 9.79 Å². The second kappa shape index (κ2) is 15.8. The van der Waals surface area contributed by atoms with E-state index in [0.717, 1.165) is 19.3 Å². The lowest BCUT2D eigenvalue weighted by atomic mass is 10.0. The molecule has 0 aliphatic rings. The van der Waals surface area contributed by atoms with E-state index < -0.39 is 23.8 Å². The van der Waals surface area contributed by atoms with Gasteiger partial charge in [-0.05, 0) is 18.1 Å². The van der Waals surface area contributed by atoms with Crippen LogP contribution >= 0.6 is 7.60 Å². The van der Waals surface area contributed by atoms with Gasteiger partial charge in [-0.2, -0.15) is 0 Å². The largest absolute Gasteiger partial charge is 0.329 e. The number of hydrogen-bond acceptors (Lipinski definition) is 3. The highest BCUT2D eigenvalue weighted by Crippen LogP contribution is 2.41. The highest BCUT2D eigenvalue weighted by molar-refractivity contribution is 7.92. The molecule has 1 aromatic rings. The van der Waals surface area contributed by atoms with Gasteiger partial charge in [0, 0.05) is 0 Å². The first kappa shape index (κ1) is 28.2. The molecule has 180 valence electrons. The van der Waals surface area contributed by atoms with E-state index >= 15 is 0 Å². The summed E-state index contributed by atoms with van der Waals surface area (Å²) in [7, 11) is -7.80. The number of benzene rings is 1. The third kappa shape index (κ3) is 15.5. The van der Waals surface area contributed by atoms with Gasteiger partial charge in [0.25, 0.3) is 0 Å². The van der Waals surface area contributed by atoms with Crippen LogP contribution in [0.3, 0.4) is 0 Å². The fraction of sp³-hybridized carbons (Fsp3) is 0.739. The van der Waals surface area contributed by atoms with Gasteiger partial charge in [0.1, 0.15) is 0 Å². The number of nitrogens with one attached hydrogen (secondary N) is 1. The highest BCUT2D eigenvalue weighted by atomic mass is 32.2. The van der Waals surface area contributed by atoms with E-state index in [0.29, 0.717) is 12.0 Å². The number of para-hydroxylation sites is 1. The summed E-state index contributed by atoms with van der Waals surface area (Å²) in [5.41, 5.74) is 0.552. The Morgan fingerprint density at radius 1 is 0.774 bits per heavy atom. The summed E-state index contributed by atoms with van der Waals surface area (Å²) in [5, 5.41) is 0. The molecular weight excluding hydrogens is 433 g/mol. The quantitative estimate of drug-likeness (QED) is 0.155. The molecule has 0 heterocycles. The molecule has 0 bridgehead atoms. The minimum Gasteiger partial charge on any atom is -0.324 e. The maximum absolute atomic E-state index is 12.3. The van der Waals surface area contributed by atoms with Crippen LogP contribution in [-0.4, -0.2) is 24.0 Å². The minimum atomic E-state index is -4.27. The Morgan fingerprint density at radius 2 is 1.23 bits per heavy atom. The van der Waals surface area contributed by atoms with Crippen LogP contribution in [0.1, 0.15) is 102 Å². The van der Waals surface area contributed by atoms with Gasteiger partial charge in [-0.15, -0.1) is 0 Å². The van der Waals surface area contributed by atoms with E-state index in [1.54, 1.807) is 12.1 Å². The molecule has 31 heavy (non-hydrogen) atoms. The predicted molar refractivity (Wildman–Crippen MR) is 130 cm³/mol. The molecule has 1 aromatic carbocycles. The zero-order valence-electron chi connectivity index (χ0n) is 19.1. The van der Waals surface area contributed by atoms with Crippen molar-refractivity contribution < 1.29 is 22.8 Å². The van der Waals surface area contributed by atoms with Gasteiger partial charge in [0.05, 0.1) is 17.6 Å². The number of anilines is 1. The lowest BCUT2D eigenvalue weighted by molar-refractivity contribution is 0.372. The minimum absolute atomic E-state index is 0.0231. The van der Waals surface area contributed by atoms with Gasteiger partial charge in [-0.3, -0.25) is 9.29 Å². The zero-order chi connectivity index (χ0) is 23.0. The van der Waals surface area contributed by atoms with Crippen molar-refractivity contribution in [2.45, 2.75) is 103 Å². The van der Waals surface area contributed by atoms with Crippen molar-refractivity contribution in [2.24, 2.45) is 0 Å². The normalized spacial score (nSPS) is 12.2. The number of hydrogen-bond donors (Lipinski definition) is 3. The molecule has 6 nitrogen and oxygen atoms in total. The Labute approximate surface area is 189 Å². The summed E-state index contributed by atoms with van der Waals surface area (Å²) < 4.78 is 38.4. The fourth-order valence-electron chi connectivity index (χ4n) is 3.68. The smallest absolute Gasteiger partial charge is 0.324 e. The lowest BCUT2D eigenvalue weighted by Crippen LogP contribution is -2.17. The first-order valence-electron chi connectivity index (χ1n) is 11.9. The van der Waals surface area contributed by atoms with Crippen molar-refractivity contribution in [1.29, 1.82) is 0 Å². The standard InChI is InChI=1S/C23H42NO5PS/c1-2-3-4-5-6-7-8-9-10-11-12-13-14-17-20-31(28,29)24-23-19-16-15-18-22(23)21-30(25,26)27/h15-16,18-19,24H,2-14,17,20-21H2,1H3,(H2,25,26,27). The Balaban J connectivity index is 2.13. The van der Waals surface area contributed by atoms with Crippen molar-refractivity contribution >= 4 is 23.3 Å². The Morgan fingerprint density at radius 3 is 1.71 bits per heavy atom. The van der Waals surface area contributed by atoms with Crippen LogP contribution in [0.2, 0.25) is 0 Å². The zero-order valence-corrected chi connectivity index (χ0v) is 20.8. The molecule has 0 atom stereocenters. The lowest BCUT2D eigenvalue weighted by Gasteiger charge is -2.13. The SMILES string of the molecule is CCCCCCCCCCCCCCCCS(=O)(=O)Nc1ccccc1CP(=O)(O)O. The Bertz CT molecular complexity index is 748. The summed E-state index contributed by atoms with van der Waals surface area (Å²) in [6.45, 7) is 2.24. The first-order chi connectivity index (χ1) is 14.7. The van der Waals surface area contributed by atoms with Crippen LogP contribution in [0.5, 0.6) is 0 Å². The molecule has 0 aliphatic heterocycles. The third-order valence-electron chi connectivity index (χ3n) is 5.43. The maximum Gasteiger partial charge on any atom is 0.329 e. The molecule has 0 spiro atoms. The van der Waals surface area contributed by atoms with Crippen LogP contribution in [0.25, 0.3) is 0 Å². The van der Waals surface area contributed by atoms with Crippen LogP contribution in [0.4, 0.5) is 5.69 Å². The predicted octanol–water partition coefficient (Wildman–Crippen LogP) is 6.59. The van der Waals surface area contributed by atoms with Crippen LogP contribution in [-0.2, 0) is 20.8 Å². The molecule has 8 heteroatoms. The van der Waals surface area contributed by atoms with E-state index in [-0.39, 0.29) is 11.4 Å². The van der Waals surface area contributed by atoms with Crippen LogP contribution < -0.4 is 4.72 Å². The van der Waals surface area contributed by atoms with Crippen LogP contribution in [0, 0.1) is 0 Å². The maximum atomic E-state index is 12.3. The molecule has 0 saturated heterocycles. The van der Waals surface area contributed by atoms with Crippen molar-refractivity contribution in [3.8, 4) is 0 Å². The third-order valence-corrected chi connectivity index (χ3v) is 7.54. The molecule has 0 aromatic heterocycles. The van der Waals surface area contributed by atoms with E-state index in [1.165, 1.54) is 76.3 Å². The van der Waals surface area contributed by atoms with E-state index in [4.69, 9.17) is 0 Å². The number of unbranched alkanes of at least 4 members (excludes halogenated alkanes) is 13. The molecule has 0 saturated carbocycles. The van der Waals surface area contributed by atoms with Crippen molar-refractivity contribution in [3.05, 3.63) is 29.8 Å². The van der Waals surface area contributed by atoms with Gasteiger partial charge in [-0.25, -0.2) is 8.42 Å². The molecule has 0 fully saturated rings. The Kier molecular flexibility index (Phi) is 14.4. The average molecular weight is 476 g/mol. The first-order valence-corrected chi connectivity index (χ1v) is 15.3. The van der Waals surface area contributed by atoms with Crippen molar-refractivity contribution in [1.82, 2.24) is 0 Å². The average Bonchev–Trinajstić information content (AvgIpc) is 2.68. The summed E-state index contributed by atoms with van der Waals surface area (Å²) in [5.74, 6) is 0.0231. The molecule has 0 aliphatic carbocycles. The molecule has 0 radical (unpaired) electrons. The van der Waals surface area contributed by atoms with E-state index in [9.17, 15) is 22.8 Å². The van der Waals surface area contributed by atoms with Gasteiger partial charge in [0.15, 0.2) is 0 Å². The topological polar surface area (TPSA) is 104 Å². The second-order valence-electron chi connectivity index (χ2n) is 8.50. The van der Waals surface area contributed by atoms with Crippen molar-refractivity contribution in [2.75, 3.05) is 10.5 Å². The second-order valence-corrected chi connectivity index (χ2v) is 12.0. The molecule has 3 N–H and O–H groups in total. The van der Waals surface area contributed by atoms with Gasteiger partial charge in [0.2, 0.25) is 10.0 Å². The summed E-state index contributed by atoms with van der Waals surface area (Å²) >= 11 is 0. The highest BCUT2D eigenvalue weighted by Gasteiger charge is 2.19. The number of rotatable bonds is 19. The van der Waals surface area contributed by atoms with E-state index in [1.807, 2.05) is 0 Å². The van der Waals surface area contributed by atoms with Crippen molar-refractivity contribution in [3.63, 3.8) is 0 Å². The monoisotopic (exact) mass is 475 g/mol. The molecular formula is C23H42NO5PS. The number of sulfonamides is 1. The molecule has 0 amide bonds. The molecule has 1 rings (SSSR count). The van der Waals surface area contributed by atoms with E-state index in [2.05, 4.69) is 11.6 Å². The summed E-state index contributed by atoms with van der Waals surface area (Å²) in [6, 6.07) is 6.35. The Hall–Kier alpha value is -0.880. The summed E-state index contributed by atoms with van der Waals surface area (Å²) in [6.07, 6.45) is 16.4.